The predicted octanol–water partition coefficient (Wildman–Crippen LogP) is 3.39. The molecule has 0 aliphatic carbocycles. The molecule has 0 aromatic heterocycles. The molecule has 0 spiro atoms. The van der Waals surface area contributed by atoms with Crippen molar-refractivity contribution in [2.45, 2.75) is 18.9 Å². The van der Waals surface area contributed by atoms with Gasteiger partial charge in [-0.05, 0) is 35.2 Å². The van der Waals surface area contributed by atoms with Crippen LogP contribution in [0, 0.1) is 11.6 Å². The number of ketones is 1. The van der Waals surface area contributed by atoms with E-state index in [-0.39, 0.29) is 12.2 Å². The maximum absolute atomic E-state index is 13.2. The van der Waals surface area contributed by atoms with Crippen molar-refractivity contribution in [3.63, 3.8) is 0 Å². The van der Waals surface area contributed by atoms with Gasteiger partial charge in [-0.1, -0.05) is 30.3 Å². The van der Waals surface area contributed by atoms with Crippen molar-refractivity contribution in [1.29, 1.82) is 0 Å². The number of halogens is 2. The Kier molecular flexibility index (Phi) is 3.80. The molecule has 21 heavy (non-hydrogen) atoms. The van der Waals surface area contributed by atoms with E-state index >= 15 is 0 Å². The van der Waals surface area contributed by atoms with Crippen LogP contribution in [0.3, 0.4) is 0 Å². The number of hydrogen-bond acceptors (Lipinski definition) is 2. The lowest BCUT2D eigenvalue weighted by atomic mass is 9.93. The molecule has 0 saturated carbocycles. The Balaban J connectivity index is 1.81. The van der Waals surface area contributed by atoms with Crippen LogP contribution in [-0.4, -0.2) is 12.4 Å². The highest BCUT2D eigenvalue weighted by Gasteiger charge is 2.27. The van der Waals surface area contributed by atoms with Gasteiger partial charge < -0.3 is 4.74 Å². The second-order valence-corrected chi connectivity index (χ2v) is 5.09. The van der Waals surface area contributed by atoms with Crippen LogP contribution in [0.2, 0.25) is 0 Å². The minimum atomic E-state index is -0.940. The van der Waals surface area contributed by atoms with Gasteiger partial charge >= 0.3 is 0 Å². The van der Waals surface area contributed by atoms with Gasteiger partial charge in [0, 0.05) is 6.42 Å². The largest absolute Gasteiger partial charge is 0.365 e. The Bertz CT molecular complexity index is 682. The van der Waals surface area contributed by atoms with E-state index in [4.69, 9.17) is 4.74 Å². The van der Waals surface area contributed by atoms with Crippen LogP contribution in [0.25, 0.3) is 0 Å². The molecular formula is C17H14F2O2. The number of Topliss-reactive ketones (excluding diaryl/α,β-unsaturated/α-hetero) is 1. The molecule has 4 heteroatoms. The average molecular weight is 288 g/mol. The monoisotopic (exact) mass is 288 g/mol. The first kappa shape index (κ1) is 13.9. The van der Waals surface area contributed by atoms with Crippen molar-refractivity contribution in [3.05, 3.63) is 70.8 Å². The maximum atomic E-state index is 13.2. The highest BCUT2D eigenvalue weighted by atomic mass is 19.2. The number of rotatable bonds is 3. The second-order valence-electron chi connectivity index (χ2n) is 5.09. The van der Waals surface area contributed by atoms with Gasteiger partial charge in [-0.2, -0.15) is 0 Å². The Morgan fingerprint density at radius 2 is 1.95 bits per heavy atom. The third-order valence-electron chi connectivity index (χ3n) is 3.65. The molecule has 108 valence electrons. The van der Waals surface area contributed by atoms with E-state index in [1.807, 2.05) is 24.3 Å². The zero-order chi connectivity index (χ0) is 14.8. The van der Waals surface area contributed by atoms with E-state index in [2.05, 4.69) is 0 Å². The average Bonchev–Trinajstić information content (AvgIpc) is 2.50. The van der Waals surface area contributed by atoms with Crippen molar-refractivity contribution >= 4 is 5.78 Å². The van der Waals surface area contributed by atoms with E-state index in [0.717, 1.165) is 29.7 Å². The molecule has 1 aliphatic rings. The van der Waals surface area contributed by atoms with Crippen molar-refractivity contribution < 1.29 is 18.3 Å². The van der Waals surface area contributed by atoms with Gasteiger partial charge in [0.1, 0.15) is 6.10 Å². The topological polar surface area (TPSA) is 26.3 Å². The fourth-order valence-electron chi connectivity index (χ4n) is 2.60. The van der Waals surface area contributed by atoms with Crippen LogP contribution in [-0.2, 0) is 22.4 Å². The van der Waals surface area contributed by atoms with Crippen molar-refractivity contribution in [1.82, 2.24) is 0 Å². The third-order valence-corrected chi connectivity index (χ3v) is 3.65. The number of hydrogen-bond donors (Lipinski definition) is 0. The highest BCUT2D eigenvalue weighted by molar-refractivity contribution is 5.87. The first-order chi connectivity index (χ1) is 10.1. The Morgan fingerprint density at radius 1 is 1.14 bits per heavy atom. The molecule has 1 heterocycles. The summed E-state index contributed by atoms with van der Waals surface area (Å²) in [6.07, 6.45) is 0.185. The SMILES string of the molecule is O=C(Cc1ccc(F)c(F)c1)C1OCCc2ccccc21. The lowest BCUT2D eigenvalue weighted by Gasteiger charge is -2.25. The molecule has 3 rings (SSSR count). The number of carbonyl (C=O) groups is 1. The normalized spacial score (nSPS) is 17.3. The van der Waals surface area contributed by atoms with Gasteiger partial charge in [0.15, 0.2) is 17.4 Å². The molecule has 0 saturated heterocycles. The Hall–Kier alpha value is -2.07. The van der Waals surface area contributed by atoms with E-state index in [1.165, 1.54) is 6.07 Å². The predicted molar refractivity (Wildman–Crippen MR) is 73.9 cm³/mol. The van der Waals surface area contributed by atoms with Gasteiger partial charge in [0.05, 0.1) is 6.61 Å². The summed E-state index contributed by atoms with van der Waals surface area (Å²) < 4.78 is 31.7. The quantitative estimate of drug-likeness (QED) is 0.865. The van der Waals surface area contributed by atoms with Crippen molar-refractivity contribution in [3.8, 4) is 0 Å². The summed E-state index contributed by atoms with van der Waals surface area (Å²) in [6, 6.07) is 11.2. The van der Waals surface area contributed by atoms with E-state index < -0.39 is 17.7 Å². The maximum Gasteiger partial charge on any atom is 0.170 e. The zero-order valence-electron chi connectivity index (χ0n) is 11.3. The molecule has 0 bridgehead atoms. The minimum Gasteiger partial charge on any atom is -0.365 e. The fraction of sp³-hybridized carbons (Fsp3) is 0.235. The van der Waals surface area contributed by atoms with Crippen LogP contribution in [0.4, 0.5) is 8.78 Å². The molecule has 2 aromatic carbocycles. The molecule has 0 fully saturated rings. The van der Waals surface area contributed by atoms with Gasteiger partial charge in [-0.15, -0.1) is 0 Å². The summed E-state index contributed by atoms with van der Waals surface area (Å²) in [5.41, 5.74) is 2.43. The van der Waals surface area contributed by atoms with Crippen LogP contribution >= 0.6 is 0 Å². The smallest absolute Gasteiger partial charge is 0.170 e. The standard InChI is InChI=1S/C17H14F2O2/c18-14-6-5-11(9-15(14)19)10-16(20)17-13-4-2-1-3-12(13)7-8-21-17/h1-6,9,17H,7-8,10H2. The summed E-state index contributed by atoms with van der Waals surface area (Å²) in [5.74, 6) is -2.00. The van der Waals surface area contributed by atoms with E-state index in [9.17, 15) is 13.6 Å². The molecule has 0 amide bonds. The van der Waals surface area contributed by atoms with Crippen molar-refractivity contribution in [2.24, 2.45) is 0 Å². The molecule has 1 atom stereocenters. The molecule has 2 aromatic rings. The summed E-state index contributed by atoms with van der Waals surface area (Å²) in [4.78, 5) is 12.4. The fourth-order valence-corrected chi connectivity index (χ4v) is 2.60. The lowest BCUT2D eigenvalue weighted by Crippen LogP contribution is -2.24. The highest BCUT2D eigenvalue weighted by Crippen LogP contribution is 2.28. The first-order valence-electron chi connectivity index (χ1n) is 6.81. The first-order valence-corrected chi connectivity index (χ1v) is 6.81. The number of benzene rings is 2. The van der Waals surface area contributed by atoms with Crippen LogP contribution in [0.5, 0.6) is 0 Å². The molecule has 0 radical (unpaired) electrons. The molecule has 2 nitrogen and oxygen atoms in total. The molecule has 0 N–H and O–H groups in total. The summed E-state index contributed by atoms with van der Waals surface area (Å²) in [6.45, 7) is 0.491. The van der Waals surface area contributed by atoms with Gasteiger partial charge in [0.2, 0.25) is 0 Å². The number of fused-ring (bicyclic) bond motifs is 1. The van der Waals surface area contributed by atoms with Crippen LogP contribution in [0.15, 0.2) is 42.5 Å². The third kappa shape index (κ3) is 2.85. The minimum absolute atomic E-state index is 0.0240. The van der Waals surface area contributed by atoms with Gasteiger partial charge in [-0.25, -0.2) is 8.78 Å². The van der Waals surface area contributed by atoms with E-state index in [0.29, 0.717) is 12.2 Å². The lowest BCUT2D eigenvalue weighted by molar-refractivity contribution is -0.131. The van der Waals surface area contributed by atoms with Crippen LogP contribution in [0.1, 0.15) is 22.8 Å². The van der Waals surface area contributed by atoms with Gasteiger partial charge in [0.25, 0.3) is 0 Å². The summed E-state index contributed by atoms with van der Waals surface area (Å²) in [7, 11) is 0. The Morgan fingerprint density at radius 3 is 2.76 bits per heavy atom. The van der Waals surface area contributed by atoms with Gasteiger partial charge in [-0.3, -0.25) is 4.79 Å². The molecule has 1 aliphatic heterocycles. The summed E-state index contributed by atoms with van der Waals surface area (Å²) >= 11 is 0. The number of carbonyl (C=O) groups excluding carboxylic acids is 1. The molecule has 1 unspecified atom stereocenters. The molecular weight excluding hydrogens is 274 g/mol. The number of ether oxygens (including phenoxy) is 1. The van der Waals surface area contributed by atoms with E-state index in [1.54, 1.807) is 0 Å². The summed E-state index contributed by atoms with van der Waals surface area (Å²) in [5, 5.41) is 0. The zero-order valence-corrected chi connectivity index (χ0v) is 11.3. The van der Waals surface area contributed by atoms with Crippen LogP contribution < -0.4 is 0 Å². The Labute approximate surface area is 121 Å². The van der Waals surface area contributed by atoms with Crippen molar-refractivity contribution in [2.75, 3.05) is 6.61 Å². The second kappa shape index (κ2) is 5.74.